The fraction of sp³-hybridized carbons (Fsp3) is 0.421. The highest BCUT2D eigenvalue weighted by Crippen LogP contribution is 2.28. The highest BCUT2D eigenvalue weighted by atomic mass is 16.5. The van der Waals surface area contributed by atoms with Crippen LogP contribution in [0.25, 0.3) is 0 Å². The SMILES string of the molecule is O=C(O)COc1ccc(CCNC(=O)c2ccn(C3CCCC3)n2)cc1. The van der Waals surface area contributed by atoms with Gasteiger partial charge in [0.2, 0.25) is 0 Å². The number of aromatic nitrogens is 2. The number of carbonyl (C=O) groups excluding carboxylic acids is 1. The Labute approximate surface area is 152 Å². The number of hydrogen-bond donors (Lipinski definition) is 2. The topological polar surface area (TPSA) is 93.5 Å². The van der Waals surface area contributed by atoms with E-state index >= 15 is 0 Å². The van der Waals surface area contributed by atoms with Gasteiger partial charge in [-0.1, -0.05) is 25.0 Å². The second-order valence-electron chi connectivity index (χ2n) is 6.45. The number of aliphatic carboxylic acids is 1. The third-order valence-electron chi connectivity index (χ3n) is 4.52. The van der Waals surface area contributed by atoms with Gasteiger partial charge in [0.15, 0.2) is 6.61 Å². The fourth-order valence-electron chi connectivity index (χ4n) is 3.14. The molecule has 1 saturated carbocycles. The van der Waals surface area contributed by atoms with Crippen LogP contribution in [-0.4, -0.2) is 39.9 Å². The summed E-state index contributed by atoms with van der Waals surface area (Å²) >= 11 is 0. The summed E-state index contributed by atoms with van der Waals surface area (Å²) in [6.45, 7) is 0.146. The van der Waals surface area contributed by atoms with Crippen LogP contribution in [0.1, 0.15) is 47.8 Å². The molecule has 1 aromatic heterocycles. The highest BCUT2D eigenvalue weighted by Gasteiger charge is 2.19. The number of nitrogens with zero attached hydrogens (tertiary/aromatic N) is 2. The molecule has 138 valence electrons. The fourth-order valence-corrected chi connectivity index (χ4v) is 3.14. The maximum Gasteiger partial charge on any atom is 0.341 e. The molecule has 0 radical (unpaired) electrons. The largest absolute Gasteiger partial charge is 0.482 e. The van der Waals surface area contributed by atoms with Crippen LogP contribution in [0.5, 0.6) is 5.75 Å². The van der Waals surface area contributed by atoms with E-state index < -0.39 is 5.97 Å². The maximum atomic E-state index is 12.2. The summed E-state index contributed by atoms with van der Waals surface area (Å²) < 4.78 is 7.00. The molecule has 2 aromatic rings. The zero-order valence-electron chi connectivity index (χ0n) is 14.6. The molecular formula is C19H23N3O4. The smallest absolute Gasteiger partial charge is 0.341 e. The first-order valence-corrected chi connectivity index (χ1v) is 8.89. The number of carboxylic acids is 1. The lowest BCUT2D eigenvalue weighted by atomic mass is 10.1. The molecule has 0 bridgehead atoms. The molecule has 1 fully saturated rings. The number of amides is 1. The predicted octanol–water partition coefficient (Wildman–Crippen LogP) is 2.43. The lowest BCUT2D eigenvalue weighted by Crippen LogP contribution is -2.26. The van der Waals surface area contributed by atoms with E-state index in [0.29, 0.717) is 30.5 Å². The van der Waals surface area contributed by atoms with E-state index in [0.717, 1.165) is 18.4 Å². The Kier molecular flexibility index (Phi) is 5.88. The zero-order chi connectivity index (χ0) is 18.4. The van der Waals surface area contributed by atoms with Crippen molar-refractivity contribution in [3.05, 3.63) is 47.8 Å². The Bertz CT molecular complexity index is 748. The third kappa shape index (κ3) is 4.84. The van der Waals surface area contributed by atoms with Crippen molar-refractivity contribution >= 4 is 11.9 Å². The lowest BCUT2D eigenvalue weighted by molar-refractivity contribution is -0.139. The summed E-state index contributed by atoms with van der Waals surface area (Å²) in [5.74, 6) is -0.659. The van der Waals surface area contributed by atoms with E-state index in [1.165, 1.54) is 12.8 Å². The average Bonchev–Trinajstić information content (AvgIpc) is 3.32. The van der Waals surface area contributed by atoms with Crippen molar-refractivity contribution in [2.24, 2.45) is 0 Å². The first-order valence-electron chi connectivity index (χ1n) is 8.89. The van der Waals surface area contributed by atoms with Crippen molar-refractivity contribution in [1.82, 2.24) is 15.1 Å². The molecule has 1 aliphatic carbocycles. The van der Waals surface area contributed by atoms with Gasteiger partial charge in [0.25, 0.3) is 5.91 Å². The minimum absolute atomic E-state index is 0.164. The molecular weight excluding hydrogens is 334 g/mol. The Morgan fingerprint density at radius 3 is 2.62 bits per heavy atom. The lowest BCUT2D eigenvalue weighted by Gasteiger charge is -2.09. The Hall–Kier alpha value is -2.83. The van der Waals surface area contributed by atoms with Crippen LogP contribution in [0.3, 0.4) is 0 Å². The van der Waals surface area contributed by atoms with Crippen LogP contribution in [-0.2, 0) is 11.2 Å². The van der Waals surface area contributed by atoms with E-state index in [-0.39, 0.29) is 12.5 Å². The molecule has 0 unspecified atom stereocenters. The van der Waals surface area contributed by atoms with Gasteiger partial charge >= 0.3 is 5.97 Å². The van der Waals surface area contributed by atoms with Gasteiger partial charge in [-0.25, -0.2) is 4.79 Å². The number of ether oxygens (including phenoxy) is 1. The highest BCUT2D eigenvalue weighted by molar-refractivity contribution is 5.92. The summed E-state index contributed by atoms with van der Waals surface area (Å²) in [6, 6.07) is 9.36. The molecule has 0 spiro atoms. The van der Waals surface area contributed by atoms with Crippen molar-refractivity contribution in [3.8, 4) is 5.75 Å². The first-order chi connectivity index (χ1) is 12.6. The summed E-state index contributed by atoms with van der Waals surface area (Å²) in [6.07, 6.45) is 7.29. The average molecular weight is 357 g/mol. The minimum atomic E-state index is -1.01. The van der Waals surface area contributed by atoms with Gasteiger partial charge in [-0.05, 0) is 43.0 Å². The van der Waals surface area contributed by atoms with E-state index in [1.54, 1.807) is 18.2 Å². The van der Waals surface area contributed by atoms with Crippen molar-refractivity contribution in [2.75, 3.05) is 13.2 Å². The van der Waals surface area contributed by atoms with Gasteiger partial charge in [0.05, 0.1) is 6.04 Å². The second-order valence-corrected chi connectivity index (χ2v) is 6.45. The summed E-state index contributed by atoms with van der Waals surface area (Å²) in [7, 11) is 0. The molecule has 2 N–H and O–H groups in total. The first kappa shape index (κ1) is 18.0. The Morgan fingerprint density at radius 1 is 1.19 bits per heavy atom. The number of rotatable bonds is 8. The van der Waals surface area contributed by atoms with Crippen LogP contribution in [0.4, 0.5) is 0 Å². The molecule has 0 saturated heterocycles. The molecule has 7 heteroatoms. The van der Waals surface area contributed by atoms with Crippen molar-refractivity contribution < 1.29 is 19.4 Å². The molecule has 26 heavy (non-hydrogen) atoms. The summed E-state index contributed by atoms with van der Waals surface area (Å²) in [4.78, 5) is 22.7. The molecule has 7 nitrogen and oxygen atoms in total. The van der Waals surface area contributed by atoms with E-state index in [9.17, 15) is 9.59 Å². The van der Waals surface area contributed by atoms with E-state index in [1.807, 2.05) is 23.0 Å². The number of nitrogens with one attached hydrogen (secondary N) is 1. The molecule has 1 aromatic carbocycles. The summed E-state index contributed by atoms with van der Waals surface area (Å²) in [5, 5.41) is 15.9. The molecule has 1 aliphatic rings. The number of hydrogen-bond acceptors (Lipinski definition) is 4. The van der Waals surface area contributed by atoms with Crippen LogP contribution in [0, 0.1) is 0 Å². The van der Waals surface area contributed by atoms with Gasteiger partial charge in [-0.2, -0.15) is 5.10 Å². The molecule has 1 amide bonds. The van der Waals surface area contributed by atoms with Gasteiger partial charge in [0, 0.05) is 12.7 Å². The molecule has 1 heterocycles. The van der Waals surface area contributed by atoms with Crippen molar-refractivity contribution in [3.63, 3.8) is 0 Å². The molecule has 3 rings (SSSR count). The quantitative estimate of drug-likeness (QED) is 0.757. The molecule has 0 aliphatic heterocycles. The monoisotopic (exact) mass is 357 g/mol. The van der Waals surface area contributed by atoms with E-state index in [4.69, 9.17) is 9.84 Å². The standard InChI is InChI=1S/C19H23N3O4/c23-18(24)13-26-16-7-5-14(6-8-16)9-11-20-19(25)17-10-12-22(21-17)15-3-1-2-4-15/h5-8,10,12,15H,1-4,9,11,13H2,(H,20,25)(H,23,24). The second kappa shape index (κ2) is 8.51. The Morgan fingerprint density at radius 2 is 1.92 bits per heavy atom. The minimum Gasteiger partial charge on any atom is -0.482 e. The van der Waals surface area contributed by atoms with Gasteiger partial charge in [-0.15, -0.1) is 0 Å². The predicted molar refractivity (Wildman–Crippen MR) is 95.3 cm³/mol. The Balaban J connectivity index is 1.44. The normalized spacial score (nSPS) is 14.3. The van der Waals surface area contributed by atoms with Gasteiger partial charge in [-0.3, -0.25) is 9.48 Å². The van der Waals surface area contributed by atoms with Gasteiger partial charge < -0.3 is 15.2 Å². The van der Waals surface area contributed by atoms with Crippen LogP contribution >= 0.6 is 0 Å². The molecule has 0 atom stereocenters. The number of carbonyl (C=O) groups is 2. The van der Waals surface area contributed by atoms with Crippen LogP contribution in [0.2, 0.25) is 0 Å². The van der Waals surface area contributed by atoms with Crippen molar-refractivity contribution in [1.29, 1.82) is 0 Å². The zero-order valence-corrected chi connectivity index (χ0v) is 14.6. The third-order valence-corrected chi connectivity index (χ3v) is 4.52. The van der Waals surface area contributed by atoms with Crippen LogP contribution in [0.15, 0.2) is 36.5 Å². The summed E-state index contributed by atoms with van der Waals surface area (Å²) in [5.41, 5.74) is 1.48. The van der Waals surface area contributed by atoms with Gasteiger partial charge in [0.1, 0.15) is 11.4 Å². The van der Waals surface area contributed by atoms with E-state index in [2.05, 4.69) is 10.4 Å². The maximum absolute atomic E-state index is 12.2. The van der Waals surface area contributed by atoms with Crippen LogP contribution < -0.4 is 10.1 Å². The van der Waals surface area contributed by atoms with Crippen molar-refractivity contribution in [2.45, 2.75) is 38.1 Å². The number of benzene rings is 1. The number of carboxylic acid groups (broad SMARTS) is 1.